The molecule has 0 unspecified atom stereocenters. The SMILES string of the molecule is CCOC(=O)c1cnc(-c2ccc3c(c2)c(C=O)cn3C(C)C)[nH]1. The molecule has 0 atom stereocenters. The summed E-state index contributed by atoms with van der Waals surface area (Å²) >= 11 is 0. The Kier molecular flexibility index (Phi) is 4.20. The van der Waals surface area contributed by atoms with E-state index in [1.54, 1.807) is 6.92 Å². The number of aromatic amines is 1. The van der Waals surface area contributed by atoms with Crippen LogP contribution in [-0.2, 0) is 4.74 Å². The van der Waals surface area contributed by atoms with Crippen molar-refractivity contribution in [3.05, 3.63) is 41.9 Å². The summed E-state index contributed by atoms with van der Waals surface area (Å²) in [6.45, 7) is 6.20. The van der Waals surface area contributed by atoms with E-state index in [0.29, 0.717) is 23.7 Å². The van der Waals surface area contributed by atoms with Gasteiger partial charge >= 0.3 is 5.97 Å². The fourth-order valence-corrected chi connectivity index (χ4v) is 2.73. The molecule has 0 aliphatic carbocycles. The molecular formula is C18H19N3O3. The van der Waals surface area contributed by atoms with Crippen molar-refractivity contribution in [3.63, 3.8) is 0 Å². The molecule has 0 saturated heterocycles. The van der Waals surface area contributed by atoms with Crippen molar-refractivity contribution in [1.29, 1.82) is 0 Å². The number of rotatable bonds is 5. The maximum atomic E-state index is 11.7. The largest absolute Gasteiger partial charge is 0.461 e. The molecule has 6 nitrogen and oxygen atoms in total. The first kappa shape index (κ1) is 16.0. The van der Waals surface area contributed by atoms with Crippen molar-refractivity contribution < 1.29 is 14.3 Å². The third kappa shape index (κ3) is 2.71. The second-order valence-electron chi connectivity index (χ2n) is 5.80. The number of ether oxygens (including phenoxy) is 1. The van der Waals surface area contributed by atoms with E-state index in [2.05, 4.69) is 28.4 Å². The van der Waals surface area contributed by atoms with Crippen LogP contribution in [0.1, 0.15) is 47.7 Å². The second kappa shape index (κ2) is 6.31. The summed E-state index contributed by atoms with van der Waals surface area (Å²) in [5.41, 5.74) is 2.75. The van der Waals surface area contributed by atoms with Crippen LogP contribution in [0, 0.1) is 0 Å². The standard InChI is InChI=1S/C18H19N3O3/c1-4-24-18(23)15-8-19-17(20-15)12-5-6-16-14(7-12)13(10-22)9-21(16)11(2)3/h5-11H,4H2,1-3H3,(H,19,20). The molecule has 2 heterocycles. The summed E-state index contributed by atoms with van der Waals surface area (Å²) in [6, 6.07) is 6.05. The molecule has 6 heteroatoms. The molecular weight excluding hydrogens is 306 g/mol. The smallest absolute Gasteiger partial charge is 0.356 e. The molecule has 0 radical (unpaired) electrons. The molecule has 0 amide bonds. The van der Waals surface area contributed by atoms with E-state index < -0.39 is 5.97 Å². The van der Waals surface area contributed by atoms with Gasteiger partial charge in [0.2, 0.25) is 0 Å². The van der Waals surface area contributed by atoms with E-state index >= 15 is 0 Å². The minimum atomic E-state index is -0.433. The lowest BCUT2D eigenvalue weighted by Gasteiger charge is -2.09. The first-order chi connectivity index (χ1) is 11.5. The highest BCUT2D eigenvalue weighted by Crippen LogP contribution is 2.28. The van der Waals surface area contributed by atoms with Gasteiger partial charge in [0, 0.05) is 34.3 Å². The van der Waals surface area contributed by atoms with Gasteiger partial charge in [0.25, 0.3) is 0 Å². The predicted molar refractivity (Wildman–Crippen MR) is 91.2 cm³/mol. The highest BCUT2D eigenvalue weighted by Gasteiger charge is 2.14. The highest BCUT2D eigenvalue weighted by atomic mass is 16.5. The maximum absolute atomic E-state index is 11.7. The van der Waals surface area contributed by atoms with Gasteiger partial charge in [-0.3, -0.25) is 4.79 Å². The van der Waals surface area contributed by atoms with Crippen LogP contribution in [0.2, 0.25) is 0 Å². The Morgan fingerprint density at radius 3 is 2.88 bits per heavy atom. The number of H-pyrrole nitrogens is 1. The van der Waals surface area contributed by atoms with Crippen molar-refractivity contribution >= 4 is 23.2 Å². The van der Waals surface area contributed by atoms with Crippen molar-refractivity contribution in [2.75, 3.05) is 6.61 Å². The zero-order valence-corrected chi connectivity index (χ0v) is 13.9. The molecule has 0 fully saturated rings. The van der Waals surface area contributed by atoms with E-state index in [9.17, 15) is 9.59 Å². The number of hydrogen-bond acceptors (Lipinski definition) is 4. The van der Waals surface area contributed by atoms with Crippen LogP contribution in [0.25, 0.3) is 22.3 Å². The molecule has 0 aliphatic heterocycles. The van der Waals surface area contributed by atoms with E-state index in [-0.39, 0.29) is 6.04 Å². The zero-order valence-electron chi connectivity index (χ0n) is 13.9. The van der Waals surface area contributed by atoms with Crippen LogP contribution in [0.4, 0.5) is 0 Å². The summed E-state index contributed by atoms with van der Waals surface area (Å²) in [4.78, 5) is 30.3. The van der Waals surface area contributed by atoms with Crippen LogP contribution < -0.4 is 0 Å². The van der Waals surface area contributed by atoms with Gasteiger partial charge in [-0.15, -0.1) is 0 Å². The first-order valence-corrected chi connectivity index (χ1v) is 7.87. The van der Waals surface area contributed by atoms with E-state index in [1.807, 2.05) is 24.4 Å². The Balaban J connectivity index is 2.05. The Bertz CT molecular complexity index is 906. The van der Waals surface area contributed by atoms with Gasteiger partial charge in [-0.1, -0.05) is 0 Å². The predicted octanol–water partition coefficient (Wildman–Crippen LogP) is 3.60. The molecule has 3 aromatic rings. The molecule has 0 aliphatic rings. The average Bonchev–Trinajstić information content (AvgIpc) is 3.19. The Morgan fingerprint density at radius 1 is 1.42 bits per heavy atom. The van der Waals surface area contributed by atoms with E-state index in [1.165, 1.54) is 6.20 Å². The molecule has 1 aromatic carbocycles. The third-order valence-corrected chi connectivity index (χ3v) is 3.89. The molecule has 2 aromatic heterocycles. The molecule has 0 bridgehead atoms. The molecule has 124 valence electrons. The molecule has 0 spiro atoms. The van der Waals surface area contributed by atoms with E-state index in [4.69, 9.17) is 4.74 Å². The van der Waals surface area contributed by atoms with Crippen molar-refractivity contribution in [1.82, 2.24) is 14.5 Å². The van der Waals surface area contributed by atoms with Crippen LogP contribution in [0.15, 0.2) is 30.6 Å². The minimum absolute atomic E-state index is 0.256. The van der Waals surface area contributed by atoms with Gasteiger partial charge in [0.15, 0.2) is 6.29 Å². The average molecular weight is 325 g/mol. The fraction of sp³-hybridized carbons (Fsp3) is 0.278. The molecule has 0 saturated carbocycles. The number of fused-ring (bicyclic) bond motifs is 1. The Morgan fingerprint density at radius 2 is 2.21 bits per heavy atom. The monoisotopic (exact) mass is 325 g/mol. The lowest BCUT2D eigenvalue weighted by Crippen LogP contribution is -2.04. The van der Waals surface area contributed by atoms with Gasteiger partial charge in [-0.2, -0.15) is 0 Å². The van der Waals surface area contributed by atoms with Crippen molar-refractivity contribution in [2.45, 2.75) is 26.8 Å². The normalized spacial score (nSPS) is 11.2. The second-order valence-corrected chi connectivity index (χ2v) is 5.80. The number of aldehydes is 1. The molecule has 24 heavy (non-hydrogen) atoms. The van der Waals surface area contributed by atoms with Gasteiger partial charge in [-0.05, 0) is 39.0 Å². The van der Waals surface area contributed by atoms with Crippen LogP contribution >= 0.6 is 0 Å². The molecule has 1 N–H and O–H groups in total. The topological polar surface area (TPSA) is 77.0 Å². The number of imidazole rings is 1. The Hall–Kier alpha value is -2.89. The number of nitrogens with one attached hydrogen (secondary N) is 1. The molecule has 3 rings (SSSR count). The summed E-state index contributed by atoms with van der Waals surface area (Å²) in [5, 5.41) is 0.866. The maximum Gasteiger partial charge on any atom is 0.356 e. The highest BCUT2D eigenvalue weighted by molar-refractivity contribution is 5.99. The first-order valence-electron chi connectivity index (χ1n) is 7.87. The number of esters is 1. The quantitative estimate of drug-likeness (QED) is 0.574. The number of aromatic nitrogens is 3. The van der Waals surface area contributed by atoms with Crippen LogP contribution in [0.5, 0.6) is 0 Å². The number of nitrogens with zero attached hydrogens (tertiary/aromatic N) is 2. The van der Waals surface area contributed by atoms with Gasteiger partial charge in [-0.25, -0.2) is 9.78 Å². The summed E-state index contributed by atoms with van der Waals surface area (Å²) in [5.74, 6) is 0.131. The Labute approximate surface area is 139 Å². The van der Waals surface area contributed by atoms with Gasteiger partial charge in [0.05, 0.1) is 12.8 Å². The number of carbonyl (C=O) groups excluding carboxylic acids is 2. The lowest BCUT2D eigenvalue weighted by atomic mass is 10.1. The van der Waals surface area contributed by atoms with Crippen LogP contribution in [-0.4, -0.2) is 33.4 Å². The number of hydrogen-bond donors (Lipinski definition) is 1. The van der Waals surface area contributed by atoms with Crippen molar-refractivity contribution in [2.24, 2.45) is 0 Å². The summed E-state index contributed by atoms with van der Waals surface area (Å²) in [7, 11) is 0. The fourth-order valence-electron chi connectivity index (χ4n) is 2.73. The summed E-state index contributed by atoms with van der Waals surface area (Å²) in [6.07, 6.45) is 4.17. The van der Waals surface area contributed by atoms with Gasteiger partial charge < -0.3 is 14.3 Å². The third-order valence-electron chi connectivity index (χ3n) is 3.89. The van der Waals surface area contributed by atoms with Crippen LogP contribution in [0.3, 0.4) is 0 Å². The zero-order chi connectivity index (χ0) is 17.3. The van der Waals surface area contributed by atoms with Gasteiger partial charge in [0.1, 0.15) is 11.5 Å². The summed E-state index contributed by atoms with van der Waals surface area (Å²) < 4.78 is 7.02. The number of benzene rings is 1. The lowest BCUT2D eigenvalue weighted by molar-refractivity contribution is 0.0520. The van der Waals surface area contributed by atoms with E-state index in [0.717, 1.165) is 22.8 Å². The van der Waals surface area contributed by atoms with Crippen molar-refractivity contribution in [3.8, 4) is 11.4 Å². The number of carbonyl (C=O) groups is 2. The minimum Gasteiger partial charge on any atom is -0.461 e.